The number of hydrogen-bond acceptors (Lipinski definition) is 3. The molecule has 6 nitrogen and oxygen atoms in total. The van der Waals surface area contributed by atoms with E-state index in [4.69, 9.17) is 4.74 Å². The zero-order chi connectivity index (χ0) is 25.2. The van der Waals surface area contributed by atoms with Crippen LogP contribution in [0.3, 0.4) is 0 Å². The minimum absolute atomic E-state index is 0.233. The number of aryl methyl sites for hydroxylation is 1. The second-order valence-electron chi connectivity index (χ2n) is 7.65. The van der Waals surface area contributed by atoms with Crippen LogP contribution in [0.15, 0.2) is 77.4 Å². The first-order chi connectivity index (χ1) is 16.6. The Labute approximate surface area is 207 Å². The predicted octanol–water partition coefficient (Wildman–Crippen LogP) is 7.19. The van der Waals surface area contributed by atoms with Crippen LogP contribution in [-0.4, -0.2) is 22.9 Å². The summed E-state index contributed by atoms with van der Waals surface area (Å²) in [5, 5.41) is 9.59. The first kappa shape index (κ1) is 24.3. The first-order valence-corrected chi connectivity index (χ1v) is 11.2. The Morgan fingerprint density at radius 3 is 2.11 bits per heavy atom. The van der Waals surface area contributed by atoms with E-state index in [-0.39, 0.29) is 5.69 Å². The van der Waals surface area contributed by atoms with Crippen molar-refractivity contribution in [3.05, 3.63) is 83.0 Å². The van der Waals surface area contributed by atoms with Crippen molar-refractivity contribution < 1.29 is 22.7 Å². The van der Waals surface area contributed by atoms with E-state index in [0.717, 1.165) is 39.0 Å². The molecule has 0 bridgehead atoms. The molecular formula is C25H20BrF3N4O2. The molecule has 1 aromatic heterocycles. The zero-order valence-electron chi connectivity index (χ0n) is 18.7. The number of nitrogens with one attached hydrogen (secondary N) is 2. The molecule has 0 radical (unpaired) electrons. The largest absolute Gasteiger partial charge is 0.497 e. The van der Waals surface area contributed by atoms with Crippen molar-refractivity contribution in [1.29, 1.82) is 0 Å². The molecule has 2 amide bonds. The zero-order valence-corrected chi connectivity index (χ0v) is 20.2. The van der Waals surface area contributed by atoms with E-state index in [1.807, 2.05) is 43.4 Å². The molecule has 0 spiro atoms. The highest BCUT2D eigenvalue weighted by Crippen LogP contribution is 2.34. The van der Waals surface area contributed by atoms with Crippen LogP contribution in [0.2, 0.25) is 0 Å². The molecular weight excluding hydrogens is 525 g/mol. The highest BCUT2D eigenvalue weighted by Gasteiger charge is 2.30. The van der Waals surface area contributed by atoms with Crippen molar-refractivity contribution in [2.24, 2.45) is 7.05 Å². The highest BCUT2D eigenvalue weighted by molar-refractivity contribution is 9.10. The molecule has 1 heterocycles. The molecule has 0 aliphatic heterocycles. The third-order valence-electron chi connectivity index (χ3n) is 5.25. The van der Waals surface area contributed by atoms with Gasteiger partial charge in [-0.1, -0.05) is 12.1 Å². The van der Waals surface area contributed by atoms with Crippen LogP contribution in [0.5, 0.6) is 5.75 Å². The molecule has 0 unspecified atom stereocenters. The number of hydrogen-bond donors (Lipinski definition) is 2. The number of alkyl halides is 3. The van der Waals surface area contributed by atoms with Gasteiger partial charge in [-0.3, -0.25) is 4.68 Å². The second-order valence-corrected chi connectivity index (χ2v) is 8.50. The lowest BCUT2D eigenvalue weighted by Gasteiger charge is -2.14. The number of ether oxygens (including phenoxy) is 1. The third kappa shape index (κ3) is 5.65. The Morgan fingerprint density at radius 1 is 0.914 bits per heavy atom. The average molecular weight is 545 g/mol. The van der Waals surface area contributed by atoms with Gasteiger partial charge < -0.3 is 15.4 Å². The maximum atomic E-state index is 12.8. The van der Waals surface area contributed by atoms with Gasteiger partial charge in [0.25, 0.3) is 0 Å². The molecule has 3 aromatic carbocycles. The van der Waals surface area contributed by atoms with Crippen LogP contribution in [0.1, 0.15) is 5.56 Å². The maximum Gasteiger partial charge on any atom is 0.416 e. The quantitative estimate of drug-likeness (QED) is 0.279. The minimum Gasteiger partial charge on any atom is -0.497 e. The van der Waals surface area contributed by atoms with Gasteiger partial charge in [0, 0.05) is 24.0 Å². The Hall–Kier alpha value is -3.79. The minimum atomic E-state index is -4.45. The van der Waals surface area contributed by atoms with Crippen LogP contribution >= 0.6 is 15.9 Å². The Bertz CT molecular complexity index is 1330. The van der Waals surface area contributed by atoms with E-state index in [0.29, 0.717) is 11.4 Å². The van der Waals surface area contributed by atoms with Gasteiger partial charge in [-0.2, -0.15) is 18.3 Å². The second kappa shape index (κ2) is 9.83. The predicted molar refractivity (Wildman–Crippen MR) is 132 cm³/mol. The molecule has 35 heavy (non-hydrogen) atoms. The molecule has 0 aliphatic rings. The van der Waals surface area contributed by atoms with E-state index in [2.05, 4.69) is 31.7 Å². The Morgan fingerprint density at radius 2 is 1.54 bits per heavy atom. The van der Waals surface area contributed by atoms with Crippen molar-refractivity contribution in [3.8, 4) is 28.1 Å². The van der Waals surface area contributed by atoms with Crippen molar-refractivity contribution >= 4 is 33.3 Å². The number of anilines is 2. The number of carbonyl (C=O) groups excluding carboxylic acids is 1. The summed E-state index contributed by atoms with van der Waals surface area (Å²) in [4.78, 5) is 12.6. The summed E-state index contributed by atoms with van der Waals surface area (Å²) in [7, 11) is 3.40. The maximum absolute atomic E-state index is 12.8. The van der Waals surface area contributed by atoms with Gasteiger partial charge in [0.1, 0.15) is 5.75 Å². The lowest BCUT2D eigenvalue weighted by Crippen LogP contribution is -2.19. The fourth-order valence-electron chi connectivity index (χ4n) is 3.56. The number of rotatable bonds is 5. The molecule has 180 valence electrons. The average Bonchev–Trinajstić information content (AvgIpc) is 3.16. The number of carbonyl (C=O) groups is 1. The van der Waals surface area contributed by atoms with E-state index >= 15 is 0 Å². The summed E-state index contributed by atoms with van der Waals surface area (Å²) in [6.07, 6.45) is -2.76. The fourth-order valence-corrected chi connectivity index (χ4v) is 4.14. The normalized spacial score (nSPS) is 11.3. The molecule has 0 aliphatic carbocycles. The van der Waals surface area contributed by atoms with Crippen LogP contribution < -0.4 is 15.4 Å². The number of methoxy groups -OCH3 is 1. The van der Waals surface area contributed by atoms with Gasteiger partial charge >= 0.3 is 12.2 Å². The molecule has 10 heteroatoms. The monoisotopic (exact) mass is 544 g/mol. The molecule has 0 fully saturated rings. The van der Waals surface area contributed by atoms with Gasteiger partial charge in [0.05, 0.1) is 29.0 Å². The number of halogens is 4. The van der Waals surface area contributed by atoms with Gasteiger partial charge in [0.2, 0.25) is 0 Å². The molecule has 4 aromatic rings. The van der Waals surface area contributed by atoms with Crippen LogP contribution in [0.25, 0.3) is 22.4 Å². The van der Waals surface area contributed by atoms with Gasteiger partial charge in [-0.25, -0.2) is 4.79 Å². The number of nitrogens with zero attached hydrogens (tertiary/aromatic N) is 2. The van der Waals surface area contributed by atoms with E-state index < -0.39 is 17.8 Å². The van der Waals surface area contributed by atoms with E-state index in [9.17, 15) is 18.0 Å². The van der Waals surface area contributed by atoms with Crippen molar-refractivity contribution in [3.63, 3.8) is 0 Å². The molecule has 0 saturated heterocycles. The smallest absolute Gasteiger partial charge is 0.416 e. The number of aromatic nitrogens is 2. The third-order valence-corrected chi connectivity index (χ3v) is 5.83. The highest BCUT2D eigenvalue weighted by atomic mass is 79.9. The van der Waals surface area contributed by atoms with E-state index in [1.165, 1.54) is 12.1 Å². The lowest BCUT2D eigenvalue weighted by molar-refractivity contribution is -0.137. The number of benzene rings is 3. The van der Waals surface area contributed by atoms with Crippen LogP contribution in [0, 0.1) is 0 Å². The topological polar surface area (TPSA) is 68.2 Å². The first-order valence-electron chi connectivity index (χ1n) is 10.4. The fraction of sp³-hybridized carbons (Fsp3) is 0.120. The molecule has 2 N–H and O–H groups in total. The summed E-state index contributed by atoms with van der Waals surface area (Å²) < 4.78 is 46.1. The van der Waals surface area contributed by atoms with Crippen molar-refractivity contribution in [1.82, 2.24) is 9.78 Å². The summed E-state index contributed by atoms with van der Waals surface area (Å²) >= 11 is 3.51. The standard InChI is InChI=1S/C25H20BrF3N4O2/c1-33-23(22(26)14-30-33)17-11-16(15-3-9-21(35-2)10-4-15)12-20(13-17)32-24(34)31-19-7-5-18(6-8-19)25(27,28)29/h3-14H,1-2H3,(H2,31,32,34). The number of amides is 2. The van der Waals surface area contributed by atoms with Crippen LogP contribution in [0.4, 0.5) is 29.3 Å². The Balaban J connectivity index is 1.64. The molecule has 4 rings (SSSR count). The van der Waals surface area contributed by atoms with Gasteiger partial charge in [-0.05, 0) is 81.7 Å². The van der Waals surface area contributed by atoms with Crippen LogP contribution in [-0.2, 0) is 13.2 Å². The summed E-state index contributed by atoms with van der Waals surface area (Å²) in [6, 6.07) is 16.7. The SMILES string of the molecule is COc1ccc(-c2cc(NC(=O)Nc3ccc(C(F)(F)F)cc3)cc(-c3c(Br)cnn3C)c2)cc1. The summed E-state index contributed by atoms with van der Waals surface area (Å²) in [5.41, 5.74) is 3.28. The lowest BCUT2D eigenvalue weighted by atomic mass is 10.0. The Kier molecular flexibility index (Phi) is 6.83. The van der Waals surface area contributed by atoms with Gasteiger partial charge in [-0.15, -0.1) is 0 Å². The van der Waals surface area contributed by atoms with E-state index in [1.54, 1.807) is 24.1 Å². The summed E-state index contributed by atoms with van der Waals surface area (Å²) in [6.45, 7) is 0. The van der Waals surface area contributed by atoms with Crippen molar-refractivity contribution in [2.45, 2.75) is 6.18 Å². The van der Waals surface area contributed by atoms with Crippen molar-refractivity contribution in [2.75, 3.05) is 17.7 Å². The van der Waals surface area contributed by atoms with Gasteiger partial charge in [0.15, 0.2) is 0 Å². The summed E-state index contributed by atoms with van der Waals surface area (Å²) in [5.74, 6) is 0.716. The molecule has 0 atom stereocenters. The number of urea groups is 1. The molecule has 0 saturated carbocycles.